The fourth-order valence-electron chi connectivity index (χ4n) is 2.23. The van der Waals surface area contributed by atoms with Crippen molar-refractivity contribution in [1.82, 2.24) is 0 Å². The van der Waals surface area contributed by atoms with Gasteiger partial charge in [0.25, 0.3) is 5.91 Å². The van der Waals surface area contributed by atoms with Crippen molar-refractivity contribution in [2.45, 2.75) is 12.5 Å². The molecule has 0 aliphatic rings. The fraction of sp³-hybridized carbons (Fsp3) is 0.235. The number of para-hydroxylation sites is 2. The number of carbonyl (C=O) groups is 1. The van der Waals surface area contributed by atoms with E-state index in [1.807, 2.05) is 61.5 Å². The topological polar surface area (TPSA) is 55.6 Å². The van der Waals surface area contributed by atoms with Crippen LogP contribution in [0.3, 0.4) is 0 Å². The summed E-state index contributed by atoms with van der Waals surface area (Å²) in [5.41, 5.74) is 6.04. The van der Waals surface area contributed by atoms with E-state index < -0.39 is 11.5 Å². The van der Waals surface area contributed by atoms with E-state index in [-0.39, 0.29) is 0 Å². The van der Waals surface area contributed by atoms with Crippen LogP contribution in [0.25, 0.3) is 0 Å². The highest BCUT2D eigenvalue weighted by molar-refractivity contribution is 5.87. The highest BCUT2D eigenvalue weighted by Crippen LogP contribution is 2.33. The average molecular weight is 284 g/mol. The first-order valence-electron chi connectivity index (χ1n) is 6.76. The summed E-state index contributed by atoms with van der Waals surface area (Å²) in [7, 11) is 3.84. The molecule has 2 rings (SSSR count). The van der Waals surface area contributed by atoms with Crippen LogP contribution < -0.4 is 15.4 Å². The fourth-order valence-corrected chi connectivity index (χ4v) is 2.23. The molecular weight excluding hydrogens is 264 g/mol. The minimum Gasteiger partial charge on any atom is -0.473 e. The number of amides is 1. The Balaban J connectivity index is 2.51. The molecule has 1 amide bonds. The summed E-state index contributed by atoms with van der Waals surface area (Å²) < 4.78 is 5.94. The molecule has 4 nitrogen and oxygen atoms in total. The molecule has 0 spiro atoms. The molecule has 1 atom stereocenters. The number of nitrogens with zero attached hydrogens (tertiary/aromatic N) is 1. The first kappa shape index (κ1) is 14.9. The Bertz CT molecular complexity index is 626. The zero-order valence-electron chi connectivity index (χ0n) is 12.5. The van der Waals surface area contributed by atoms with E-state index in [0.29, 0.717) is 5.75 Å². The molecule has 0 saturated heterocycles. The van der Waals surface area contributed by atoms with Crippen LogP contribution in [0, 0.1) is 0 Å². The second-order valence-corrected chi connectivity index (χ2v) is 5.22. The summed E-state index contributed by atoms with van der Waals surface area (Å²) >= 11 is 0. The molecular formula is C17H20N2O2. The molecule has 0 aliphatic carbocycles. The quantitative estimate of drug-likeness (QED) is 0.918. The van der Waals surface area contributed by atoms with Gasteiger partial charge in [-0.3, -0.25) is 4.79 Å². The van der Waals surface area contributed by atoms with Gasteiger partial charge < -0.3 is 15.4 Å². The summed E-state index contributed by atoms with van der Waals surface area (Å²) in [6, 6.07) is 16.8. The smallest absolute Gasteiger partial charge is 0.266 e. The Morgan fingerprint density at radius 2 is 1.62 bits per heavy atom. The minimum atomic E-state index is -1.23. The van der Waals surface area contributed by atoms with E-state index in [1.165, 1.54) is 0 Å². The van der Waals surface area contributed by atoms with Crippen molar-refractivity contribution in [3.63, 3.8) is 0 Å². The number of rotatable bonds is 5. The Labute approximate surface area is 125 Å². The van der Waals surface area contributed by atoms with Gasteiger partial charge in [0.2, 0.25) is 5.60 Å². The van der Waals surface area contributed by atoms with Crippen molar-refractivity contribution in [3.05, 3.63) is 60.2 Å². The lowest BCUT2D eigenvalue weighted by Gasteiger charge is -2.31. The van der Waals surface area contributed by atoms with Gasteiger partial charge in [-0.2, -0.15) is 0 Å². The Morgan fingerprint density at radius 3 is 2.19 bits per heavy atom. The SMILES string of the molecule is CN(C)c1ccccc1C(C)(Oc1ccccc1)C(N)=O. The number of ether oxygens (including phenoxy) is 1. The second kappa shape index (κ2) is 5.87. The summed E-state index contributed by atoms with van der Waals surface area (Å²) in [6.45, 7) is 1.70. The van der Waals surface area contributed by atoms with E-state index >= 15 is 0 Å². The highest BCUT2D eigenvalue weighted by Gasteiger charge is 2.38. The highest BCUT2D eigenvalue weighted by atomic mass is 16.5. The molecule has 110 valence electrons. The van der Waals surface area contributed by atoms with Crippen molar-refractivity contribution >= 4 is 11.6 Å². The number of hydrogen-bond acceptors (Lipinski definition) is 3. The van der Waals surface area contributed by atoms with Crippen LogP contribution in [-0.4, -0.2) is 20.0 Å². The molecule has 0 bridgehead atoms. The zero-order valence-corrected chi connectivity index (χ0v) is 12.5. The molecule has 2 N–H and O–H groups in total. The standard InChI is InChI=1S/C17H20N2O2/c1-17(16(18)20,21-13-9-5-4-6-10-13)14-11-7-8-12-15(14)19(2)3/h4-12H,1-3H3,(H2,18,20). The molecule has 4 heteroatoms. The van der Waals surface area contributed by atoms with Gasteiger partial charge in [-0.15, -0.1) is 0 Å². The average Bonchev–Trinajstić information content (AvgIpc) is 2.48. The van der Waals surface area contributed by atoms with Crippen LogP contribution in [0.1, 0.15) is 12.5 Å². The molecule has 0 radical (unpaired) electrons. The first-order valence-corrected chi connectivity index (χ1v) is 6.76. The number of benzene rings is 2. The van der Waals surface area contributed by atoms with E-state index in [1.54, 1.807) is 19.1 Å². The van der Waals surface area contributed by atoms with Crippen LogP contribution in [0.2, 0.25) is 0 Å². The van der Waals surface area contributed by atoms with Gasteiger partial charge >= 0.3 is 0 Å². The van der Waals surface area contributed by atoms with Crippen LogP contribution in [0.5, 0.6) is 5.75 Å². The molecule has 2 aromatic rings. The van der Waals surface area contributed by atoms with E-state index in [2.05, 4.69) is 0 Å². The second-order valence-electron chi connectivity index (χ2n) is 5.22. The maximum absolute atomic E-state index is 12.1. The van der Waals surface area contributed by atoms with Crippen LogP contribution in [0.15, 0.2) is 54.6 Å². The number of anilines is 1. The summed E-state index contributed by atoms with van der Waals surface area (Å²) in [4.78, 5) is 14.0. The zero-order chi connectivity index (χ0) is 15.5. The lowest BCUT2D eigenvalue weighted by atomic mass is 9.92. The molecule has 0 aromatic heterocycles. The van der Waals surface area contributed by atoms with E-state index in [4.69, 9.17) is 10.5 Å². The number of nitrogens with two attached hydrogens (primary N) is 1. The summed E-state index contributed by atoms with van der Waals surface area (Å²) in [5.74, 6) is 0.0769. The first-order chi connectivity index (χ1) is 9.95. The van der Waals surface area contributed by atoms with E-state index in [9.17, 15) is 4.79 Å². The number of carbonyl (C=O) groups excluding carboxylic acids is 1. The molecule has 21 heavy (non-hydrogen) atoms. The summed E-state index contributed by atoms with van der Waals surface area (Å²) in [6.07, 6.45) is 0. The van der Waals surface area contributed by atoms with Gasteiger partial charge in [-0.05, 0) is 25.1 Å². The van der Waals surface area contributed by atoms with Crippen LogP contribution in [-0.2, 0) is 10.4 Å². The Morgan fingerprint density at radius 1 is 1.05 bits per heavy atom. The maximum atomic E-state index is 12.1. The van der Waals surface area contributed by atoms with Crippen molar-refractivity contribution in [1.29, 1.82) is 0 Å². The molecule has 0 heterocycles. The van der Waals surface area contributed by atoms with E-state index in [0.717, 1.165) is 11.3 Å². The van der Waals surface area contributed by atoms with Crippen molar-refractivity contribution in [3.8, 4) is 5.75 Å². The van der Waals surface area contributed by atoms with Gasteiger partial charge in [0, 0.05) is 25.3 Å². The lowest BCUT2D eigenvalue weighted by molar-refractivity contribution is -0.132. The predicted molar refractivity (Wildman–Crippen MR) is 84.4 cm³/mol. The van der Waals surface area contributed by atoms with Gasteiger partial charge in [0.05, 0.1) is 0 Å². The minimum absolute atomic E-state index is 0.527. The van der Waals surface area contributed by atoms with Crippen molar-refractivity contribution < 1.29 is 9.53 Å². The maximum Gasteiger partial charge on any atom is 0.266 e. The third-order valence-corrected chi connectivity index (χ3v) is 3.44. The van der Waals surface area contributed by atoms with Crippen molar-refractivity contribution in [2.75, 3.05) is 19.0 Å². The third-order valence-electron chi connectivity index (χ3n) is 3.44. The molecule has 0 aliphatic heterocycles. The number of hydrogen-bond donors (Lipinski definition) is 1. The normalized spacial score (nSPS) is 13.3. The van der Waals surface area contributed by atoms with Gasteiger partial charge in [-0.1, -0.05) is 36.4 Å². The molecule has 0 saturated carbocycles. The Kier molecular flexibility index (Phi) is 4.17. The predicted octanol–water partition coefficient (Wildman–Crippen LogP) is 2.53. The number of primary amides is 1. The lowest BCUT2D eigenvalue weighted by Crippen LogP contribution is -2.44. The monoisotopic (exact) mass is 284 g/mol. The van der Waals surface area contributed by atoms with Gasteiger partial charge in [-0.25, -0.2) is 0 Å². The van der Waals surface area contributed by atoms with Crippen LogP contribution >= 0.6 is 0 Å². The Hall–Kier alpha value is -2.49. The molecule has 1 unspecified atom stereocenters. The van der Waals surface area contributed by atoms with Crippen LogP contribution in [0.4, 0.5) is 5.69 Å². The van der Waals surface area contributed by atoms with Gasteiger partial charge in [0.15, 0.2) is 0 Å². The van der Waals surface area contributed by atoms with Crippen molar-refractivity contribution in [2.24, 2.45) is 5.73 Å². The third kappa shape index (κ3) is 2.99. The largest absolute Gasteiger partial charge is 0.473 e. The van der Waals surface area contributed by atoms with Gasteiger partial charge in [0.1, 0.15) is 5.75 Å². The summed E-state index contributed by atoms with van der Waals surface area (Å²) in [5, 5.41) is 0. The molecule has 0 fully saturated rings. The molecule has 2 aromatic carbocycles.